The topological polar surface area (TPSA) is 42.0 Å². The van der Waals surface area contributed by atoms with E-state index in [2.05, 4.69) is 10.3 Å². The highest BCUT2D eigenvalue weighted by Crippen LogP contribution is 2.27. The summed E-state index contributed by atoms with van der Waals surface area (Å²) in [5.74, 6) is 1.03. The van der Waals surface area contributed by atoms with Crippen molar-refractivity contribution in [2.45, 2.75) is 19.3 Å². The zero-order valence-corrected chi connectivity index (χ0v) is 12.2. The van der Waals surface area contributed by atoms with Gasteiger partial charge < -0.3 is 5.32 Å². The Bertz CT molecular complexity index is 575. The molecule has 0 amide bonds. The van der Waals surface area contributed by atoms with E-state index in [1.165, 1.54) is 12.8 Å². The normalized spacial score (nSPS) is 14.4. The lowest BCUT2D eigenvalue weighted by atomic mass is 10.2. The second-order valence-corrected chi connectivity index (χ2v) is 6.22. The molecule has 20 heavy (non-hydrogen) atoms. The van der Waals surface area contributed by atoms with Crippen molar-refractivity contribution in [2.24, 2.45) is 5.92 Å². The molecular weight excluding hydrogens is 268 g/mol. The Morgan fingerprint density at radius 2 is 2.10 bits per heavy atom. The first-order valence-corrected chi connectivity index (χ1v) is 7.91. The summed E-state index contributed by atoms with van der Waals surface area (Å²) in [4.78, 5) is 16.4. The molecule has 0 saturated heterocycles. The van der Waals surface area contributed by atoms with Crippen LogP contribution in [0.25, 0.3) is 11.3 Å². The Morgan fingerprint density at radius 3 is 2.85 bits per heavy atom. The van der Waals surface area contributed by atoms with Crippen LogP contribution in [0.5, 0.6) is 0 Å². The third-order valence-corrected chi connectivity index (χ3v) is 4.27. The summed E-state index contributed by atoms with van der Waals surface area (Å²) in [5.41, 5.74) is 2.07. The van der Waals surface area contributed by atoms with Crippen LogP contribution in [0.3, 0.4) is 0 Å². The molecule has 1 fully saturated rings. The Morgan fingerprint density at radius 1 is 1.30 bits per heavy atom. The van der Waals surface area contributed by atoms with Crippen LogP contribution < -0.4 is 5.32 Å². The third-order valence-electron chi connectivity index (χ3n) is 3.42. The van der Waals surface area contributed by atoms with Crippen molar-refractivity contribution in [3.8, 4) is 11.3 Å². The number of carbonyl (C=O) groups is 1. The average molecular weight is 286 g/mol. The van der Waals surface area contributed by atoms with Crippen LogP contribution in [-0.2, 0) is 11.2 Å². The summed E-state index contributed by atoms with van der Waals surface area (Å²) in [6.07, 6.45) is 3.07. The van der Waals surface area contributed by atoms with Gasteiger partial charge in [0, 0.05) is 10.9 Å². The average Bonchev–Trinajstić information content (AvgIpc) is 3.17. The second-order valence-electron chi connectivity index (χ2n) is 5.28. The first-order valence-electron chi connectivity index (χ1n) is 7.03. The molecule has 1 aliphatic carbocycles. The van der Waals surface area contributed by atoms with Gasteiger partial charge in [-0.05, 0) is 25.3 Å². The van der Waals surface area contributed by atoms with Crippen molar-refractivity contribution in [3.63, 3.8) is 0 Å². The Labute approximate surface area is 123 Å². The van der Waals surface area contributed by atoms with Gasteiger partial charge in [-0.1, -0.05) is 30.3 Å². The molecule has 104 valence electrons. The minimum Gasteiger partial charge on any atom is -0.310 e. The number of Topliss-reactive ketones (excluding diaryl/α,β-unsaturated/α-hetero) is 1. The lowest BCUT2D eigenvalue weighted by Crippen LogP contribution is -2.26. The van der Waals surface area contributed by atoms with E-state index in [-0.39, 0.29) is 5.78 Å². The molecule has 4 heteroatoms. The lowest BCUT2D eigenvalue weighted by Gasteiger charge is -2.01. The molecular formula is C16H18N2OS. The zero-order chi connectivity index (χ0) is 13.8. The fourth-order valence-corrected chi connectivity index (χ4v) is 2.93. The van der Waals surface area contributed by atoms with Gasteiger partial charge in [-0.25, -0.2) is 4.98 Å². The molecule has 1 saturated carbocycles. The molecule has 0 atom stereocenters. The van der Waals surface area contributed by atoms with E-state index in [9.17, 15) is 4.79 Å². The maximum absolute atomic E-state index is 11.9. The number of carbonyl (C=O) groups excluding carboxylic acids is 1. The molecule has 0 bridgehead atoms. The number of ketones is 1. The van der Waals surface area contributed by atoms with Gasteiger partial charge in [0.25, 0.3) is 0 Å². The van der Waals surface area contributed by atoms with E-state index in [0.717, 1.165) is 28.7 Å². The van der Waals surface area contributed by atoms with Crippen LogP contribution >= 0.6 is 11.3 Å². The standard InChI is InChI=1S/C16H18N2OS/c19-14(10-17-9-12-6-7-12)8-16-18-15(11-20-16)13-4-2-1-3-5-13/h1-5,11-12,17H,6-10H2. The van der Waals surface area contributed by atoms with Crippen LogP contribution in [-0.4, -0.2) is 23.9 Å². The van der Waals surface area contributed by atoms with Crippen LogP contribution in [0.4, 0.5) is 0 Å². The van der Waals surface area contributed by atoms with Gasteiger partial charge >= 0.3 is 0 Å². The second kappa shape index (κ2) is 6.29. The quantitative estimate of drug-likeness (QED) is 0.851. The van der Waals surface area contributed by atoms with Gasteiger partial charge in [-0.15, -0.1) is 11.3 Å². The fraction of sp³-hybridized carbons (Fsp3) is 0.375. The van der Waals surface area contributed by atoms with Crippen molar-refractivity contribution in [1.82, 2.24) is 10.3 Å². The Hall–Kier alpha value is -1.52. The first-order chi connectivity index (χ1) is 9.81. The van der Waals surface area contributed by atoms with Gasteiger partial charge in [-0.2, -0.15) is 0 Å². The summed E-state index contributed by atoms with van der Waals surface area (Å²) in [5, 5.41) is 6.16. The highest BCUT2D eigenvalue weighted by Gasteiger charge is 2.20. The number of nitrogens with zero attached hydrogens (tertiary/aromatic N) is 1. The molecule has 1 N–H and O–H groups in total. The van der Waals surface area contributed by atoms with Crippen molar-refractivity contribution < 1.29 is 4.79 Å². The van der Waals surface area contributed by atoms with E-state index < -0.39 is 0 Å². The smallest absolute Gasteiger partial charge is 0.153 e. The number of hydrogen-bond acceptors (Lipinski definition) is 4. The number of aromatic nitrogens is 1. The predicted octanol–water partition coefficient (Wildman–Crippen LogP) is 2.92. The number of hydrogen-bond donors (Lipinski definition) is 1. The highest BCUT2D eigenvalue weighted by atomic mass is 32.1. The van der Waals surface area contributed by atoms with Gasteiger partial charge in [0.1, 0.15) is 5.01 Å². The summed E-state index contributed by atoms with van der Waals surface area (Å²) in [6.45, 7) is 1.45. The third kappa shape index (κ3) is 3.74. The maximum Gasteiger partial charge on any atom is 0.153 e. The summed E-state index contributed by atoms with van der Waals surface area (Å²) in [6, 6.07) is 10.1. The van der Waals surface area contributed by atoms with E-state index in [0.29, 0.717) is 13.0 Å². The van der Waals surface area contributed by atoms with Crippen LogP contribution in [0.15, 0.2) is 35.7 Å². The highest BCUT2D eigenvalue weighted by molar-refractivity contribution is 7.10. The van der Waals surface area contributed by atoms with Crippen LogP contribution in [0.2, 0.25) is 0 Å². The molecule has 1 aromatic carbocycles. The monoisotopic (exact) mass is 286 g/mol. The molecule has 1 heterocycles. The van der Waals surface area contributed by atoms with E-state index >= 15 is 0 Å². The minimum atomic E-state index is 0.222. The molecule has 0 spiro atoms. The molecule has 0 radical (unpaired) electrons. The van der Waals surface area contributed by atoms with Gasteiger partial charge in [0.2, 0.25) is 0 Å². The molecule has 1 aliphatic rings. The van der Waals surface area contributed by atoms with Crippen molar-refractivity contribution in [3.05, 3.63) is 40.7 Å². The summed E-state index contributed by atoms with van der Waals surface area (Å²) in [7, 11) is 0. The predicted molar refractivity (Wildman–Crippen MR) is 81.9 cm³/mol. The van der Waals surface area contributed by atoms with E-state index in [4.69, 9.17) is 0 Å². The SMILES string of the molecule is O=C(CNCC1CC1)Cc1nc(-c2ccccc2)cs1. The number of thiazole rings is 1. The van der Waals surface area contributed by atoms with Crippen LogP contribution in [0.1, 0.15) is 17.8 Å². The van der Waals surface area contributed by atoms with Gasteiger partial charge in [-0.3, -0.25) is 4.79 Å². The number of benzene rings is 1. The molecule has 3 rings (SSSR count). The lowest BCUT2D eigenvalue weighted by molar-refractivity contribution is -0.117. The molecule has 2 aromatic rings. The van der Waals surface area contributed by atoms with E-state index in [1.54, 1.807) is 11.3 Å². The van der Waals surface area contributed by atoms with Crippen molar-refractivity contribution in [2.75, 3.05) is 13.1 Å². The van der Waals surface area contributed by atoms with Crippen LogP contribution in [0, 0.1) is 5.92 Å². The zero-order valence-electron chi connectivity index (χ0n) is 11.3. The van der Waals surface area contributed by atoms with Gasteiger partial charge in [0.15, 0.2) is 5.78 Å². The van der Waals surface area contributed by atoms with Crippen molar-refractivity contribution >= 4 is 17.1 Å². The first kappa shape index (κ1) is 13.5. The molecule has 0 unspecified atom stereocenters. The fourth-order valence-electron chi connectivity index (χ4n) is 2.10. The maximum atomic E-state index is 11.9. The Kier molecular flexibility index (Phi) is 4.23. The number of nitrogens with one attached hydrogen (secondary N) is 1. The molecule has 0 aliphatic heterocycles. The summed E-state index contributed by atoms with van der Waals surface area (Å²) < 4.78 is 0. The van der Waals surface area contributed by atoms with E-state index in [1.807, 2.05) is 35.7 Å². The Balaban J connectivity index is 1.52. The van der Waals surface area contributed by atoms with Crippen molar-refractivity contribution in [1.29, 1.82) is 0 Å². The minimum absolute atomic E-state index is 0.222. The van der Waals surface area contributed by atoms with Gasteiger partial charge in [0.05, 0.1) is 18.7 Å². The summed E-state index contributed by atoms with van der Waals surface area (Å²) >= 11 is 1.57. The molecule has 1 aromatic heterocycles. The molecule has 3 nitrogen and oxygen atoms in total. The number of rotatable bonds is 7. The largest absolute Gasteiger partial charge is 0.310 e.